The van der Waals surface area contributed by atoms with Crippen molar-refractivity contribution in [1.29, 1.82) is 0 Å². The summed E-state index contributed by atoms with van der Waals surface area (Å²) < 4.78 is 0. The first-order valence-corrected chi connectivity index (χ1v) is 4.00. The van der Waals surface area contributed by atoms with Crippen LogP contribution in [-0.4, -0.2) is 19.0 Å². The van der Waals surface area contributed by atoms with Crippen LogP contribution in [0.2, 0.25) is 0 Å². The summed E-state index contributed by atoms with van der Waals surface area (Å²) in [5, 5.41) is 0. The number of aliphatic imine (C=N–C) groups is 1. The highest BCUT2D eigenvalue weighted by Gasteiger charge is 2.12. The maximum Gasteiger partial charge on any atom is 0.162 e. The van der Waals surface area contributed by atoms with Crippen LogP contribution >= 0.6 is 0 Å². The molecule has 3 heteroatoms. The van der Waals surface area contributed by atoms with Crippen LogP contribution in [0, 0.1) is 5.92 Å². The molecular weight excluding hydrogens is 152 g/mol. The van der Waals surface area contributed by atoms with Gasteiger partial charge in [0.25, 0.3) is 0 Å². The molecule has 1 atom stereocenters. The fourth-order valence-corrected chi connectivity index (χ4v) is 0.970. The molecule has 0 aromatic rings. The van der Waals surface area contributed by atoms with Gasteiger partial charge in [-0.25, -0.2) is 0 Å². The summed E-state index contributed by atoms with van der Waals surface area (Å²) in [5.74, 6) is 0.0980. The lowest BCUT2D eigenvalue weighted by atomic mass is 9.98. The highest BCUT2D eigenvalue weighted by Crippen LogP contribution is 2.08. The van der Waals surface area contributed by atoms with E-state index in [1.54, 1.807) is 6.92 Å². The van der Waals surface area contributed by atoms with Crippen molar-refractivity contribution in [3.63, 3.8) is 0 Å². The van der Waals surface area contributed by atoms with E-state index in [2.05, 4.69) is 11.7 Å². The lowest BCUT2D eigenvalue weighted by Gasteiger charge is -2.07. The van der Waals surface area contributed by atoms with Crippen LogP contribution in [0.15, 0.2) is 16.8 Å². The number of nitrogens with two attached hydrogens (primary N) is 1. The molecule has 0 amide bonds. The summed E-state index contributed by atoms with van der Waals surface area (Å²) in [5.41, 5.74) is 5.98. The van der Waals surface area contributed by atoms with Crippen molar-refractivity contribution in [2.45, 2.75) is 20.3 Å². The van der Waals surface area contributed by atoms with Gasteiger partial charge >= 0.3 is 0 Å². The van der Waals surface area contributed by atoms with E-state index in [0.717, 1.165) is 6.42 Å². The van der Waals surface area contributed by atoms with Gasteiger partial charge in [0, 0.05) is 17.7 Å². The summed E-state index contributed by atoms with van der Waals surface area (Å²) in [4.78, 5) is 14.9. The molecular formula is C9H16N2O. The predicted molar refractivity (Wildman–Crippen MR) is 51.1 cm³/mol. The Balaban J connectivity index is 4.18. The first-order valence-electron chi connectivity index (χ1n) is 4.00. The average Bonchev–Trinajstić information content (AvgIpc) is 2.04. The van der Waals surface area contributed by atoms with Crippen molar-refractivity contribution in [2.75, 3.05) is 6.54 Å². The zero-order chi connectivity index (χ0) is 9.56. The number of nitrogens with zero attached hydrogens (tertiary/aromatic N) is 1. The molecule has 0 aliphatic heterocycles. The maximum atomic E-state index is 11.4. The lowest BCUT2D eigenvalue weighted by Crippen LogP contribution is -2.16. The minimum atomic E-state index is -0.00648. The molecule has 68 valence electrons. The summed E-state index contributed by atoms with van der Waals surface area (Å²) in [6.07, 6.45) is 2.20. The molecule has 0 bridgehead atoms. The van der Waals surface area contributed by atoms with Crippen molar-refractivity contribution < 1.29 is 4.79 Å². The van der Waals surface area contributed by atoms with Gasteiger partial charge in [-0.1, -0.05) is 6.92 Å². The fraction of sp³-hybridized carbons (Fsp3) is 0.556. The van der Waals surface area contributed by atoms with E-state index < -0.39 is 0 Å². The molecule has 0 saturated heterocycles. The number of carbonyl (C=O) groups is 1. The Kier molecular flexibility index (Phi) is 5.21. The van der Waals surface area contributed by atoms with E-state index in [1.807, 2.05) is 6.92 Å². The molecule has 0 aromatic heterocycles. The first kappa shape index (κ1) is 11.0. The molecule has 0 spiro atoms. The Morgan fingerprint density at radius 3 is 2.75 bits per heavy atom. The lowest BCUT2D eigenvalue weighted by molar-refractivity contribution is -0.118. The summed E-state index contributed by atoms with van der Waals surface area (Å²) in [7, 11) is 0. The fourth-order valence-electron chi connectivity index (χ4n) is 0.970. The van der Waals surface area contributed by atoms with Crippen LogP contribution in [-0.2, 0) is 4.79 Å². The second-order valence-corrected chi connectivity index (χ2v) is 2.84. The quantitative estimate of drug-likeness (QED) is 0.494. The zero-order valence-corrected chi connectivity index (χ0v) is 7.71. The average molecular weight is 168 g/mol. The normalized spacial score (nSPS) is 14.1. The highest BCUT2D eigenvalue weighted by molar-refractivity contribution is 5.96. The van der Waals surface area contributed by atoms with E-state index in [-0.39, 0.29) is 11.7 Å². The van der Waals surface area contributed by atoms with E-state index in [0.29, 0.717) is 12.1 Å². The zero-order valence-electron chi connectivity index (χ0n) is 7.71. The summed E-state index contributed by atoms with van der Waals surface area (Å²) >= 11 is 0. The molecule has 12 heavy (non-hydrogen) atoms. The number of Topliss-reactive ketones (excluding diaryl/α,β-unsaturated/α-hetero) is 1. The highest BCUT2D eigenvalue weighted by atomic mass is 16.1. The third-order valence-electron chi connectivity index (χ3n) is 1.72. The van der Waals surface area contributed by atoms with Gasteiger partial charge in [-0.3, -0.25) is 9.79 Å². The molecule has 2 N–H and O–H groups in total. The third kappa shape index (κ3) is 3.44. The maximum absolute atomic E-state index is 11.4. The topological polar surface area (TPSA) is 55.5 Å². The number of rotatable bonds is 5. The first-order chi connectivity index (χ1) is 5.63. The Bertz CT molecular complexity index is 197. The van der Waals surface area contributed by atoms with Crippen molar-refractivity contribution in [3.05, 3.63) is 11.8 Å². The molecule has 0 saturated carbocycles. The van der Waals surface area contributed by atoms with E-state index in [9.17, 15) is 4.79 Å². The van der Waals surface area contributed by atoms with Crippen molar-refractivity contribution in [1.82, 2.24) is 0 Å². The van der Waals surface area contributed by atoms with Crippen molar-refractivity contribution in [2.24, 2.45) is 16.6 Å². The van der Waals surface area contributed by atoms with Crippen LogP contribution in [0.5, 0.6) is 0 Å². The van der Waals surface area contributed by atoms with Crippen LogP contribution in [0.4, 0.5) is 0 Å². The van der Waals surface area contributed by atoms with Crippen molar-refractivity contribution in [3.8, 4) is 0 Å². The largest absolute Gasteiger partial charge is 0.330 e. The Morgan fingerprint density at radius 2 is 2.33 bits per heavy atom. The Labute approximate surface area is 73.4 Å². The van der Waals surface area contributed by atoms with Crippen LogP contribution in [0.1, 0.15) is 20.3 Å². The SMILES string of the molecule is C=N/C=C(\C)C(=O)C(C)CCN. The minimum Gasteiger partial charge on any atom is -0.330 e. The Hall–Kier alpha value is -0.960. The number of hydrogen-bond acceptors (Lipinski definition) is 3. The van der Waals surface area contributed by atoms with Crippen LogP contribution in [0.25, 0.3) is 0 Å². The van der Waals surface area contributed by atoms with Gasteiger partial charge in [0.15, 0.2) is 5.78 Å². The molecule has 0 fully saturated rings. The molecule has 0 aromatic carbocycles. The van der Waals surface area contributed by atoms with Gasteiger partial charge in [-0.05, 0) is 26.6 Å². The molecule has 1 unspecified atom stereocenters. The number of allylic oxidation sites excluding steroid dienone is 1. The van der Waals surface area contributed by atoms with E-state index >= 15 is 0 Å². The van der Waals surface area contributed by atoms with Gasteiger partial charge in [-0.15, -0.1) is 0 Å². The number of carbonyl (C=O) groups excluding carboxylic acids is 1. The van der Waals surface area contributed by atoms with E-state index in [4.69, 9.17) is 5.73 Å². The van der Waals surface area contributed by atoms with Gasteiger partial charge in [0.05, 0.1) is 0 Å². The second-order valence-electron chi connectivity index (χ2n) is 2.84. The van der Waals surface area contributed by atoms with Crippen LogP contribution < -0.4 is 5.73 Å². The van der Waals surface area contributed by atoms with Gasteiger partial charge in [0.2, 0.25) is 0 Å². The predicted octanol–water partition coefficient (Wildman–Crippen LogP) is 1.14. The van der Waals surface area contributed by atoms with E-state index in [1.165, 1.54) is 6.20 Å². The smallest absolute Gasteiger partial charge is 0.162 e. The molecule has 0 heterocycles. The molecule has 0 aliphatic carbocycles. The third-order valence-corrected chi connectivity index (χ3v) is 1.72. The molecule has 0 rings (SSSR count). The molecule has 3 nitrogen and oxygen atoms in total. The van der Waals surface area contributed by atoms with Gasteiger partial charge in [0.1, 0.15) is 0 Å². The number of ketones is 1. The molecule has 0 radical (unpaired) electrons. The standard InChI is InChI=1S/C9H16N2O/c1-7(4-5-10)9(12)8(2)6-11-3/h6-7H,3-5,10H2,1-2H3/b8-6+. The van der Waals surface area contributed by atoms with Crippen LogP contribution in [0.3, 0.4) is 0 Å². The molecule has 0 aliphatic rings. The van der Waals surface area contributed by atoms with Gasteiger partial charge in [-0.2, -0.15) is 0 Å². The monoisotopic (exact) mass is 168 g/mol. The summed E-state index contributed by atoms with van der Waals surface area (Å²) in [6, 6.07) is 0. The number of hydrogen-bond donors (Lipinski definition) is 1. The van der Waals surface area contributed by atoms with Crippen molar-refractivity contribution >= 4 is 12.5 Å². The second kappa shape index (κ2) is 5.66. The minimum absolute atomic E-state index is 0.00648. The summed E-state index contributed by atoms with van der Waals surface area (Å²) in [6.45, 7) is 7.44. The van der Waals surface area contributed by atoms with Gasteiger partial charge < -0.3 is 5.73 Å². The Morgan fingerprint density at radius 1 is 1.75 bits per heavy atom.